The van der Waals surface area contributed by atoms with Crippen molar-refractivity contribution in [2.45, 2.75) is 44.7 Å². The predicted octanol–water partition coefficient (Wildman–Crippen LogP) is 2.19. The van der Waals surface area contributed by atoms with E-state index in [1.165, 1.54) is 12.8 Å². The molecule has 2 saturated heterocycles. The second-order valence-corrected chi connectivity index (χ2v) is 8.04. The normalized spacial score (nSPS) is 28.8. The van der Waals surface area contributed by atoms with Gasteiger partial charge in [0.2, 0.25) is 5.91 Å². The summed E-state index contributed by atoms with van der Waals surface area (Å²) in [5.74, 6) is 0.916. The fraction of sp³-hybridized carbons (Fsp3) is 0.682. The Hall–Kier alpha value is -1.43. The number of aliphatic hydroxyl groups excluding tert-OH is 1. The minimum Gasteiger partial charge on any atom is -0.394 e. The third-order valence-electron chi connectivity index (χ3n) is 6.46. The number of hydrogen-bond donors (Lipinski definition) is 1. The van der Waals surface area contributed by atoms with E-state index in [1.807, 2.05) is 35.2 Å². The number of ether oxygens (including phenoxy) is 1. The smallest absolute Gasteiger partial charge is 0.227 e. The van der Waals surface area contributed by atoms with E-state index in [1.54, 1.807) is 7.11 Å². The Morgan fingerprint density at radius 2 is 2.07 bits per heavy atom. The molecule has 0 aliphatic carbocycles. The van der Waals surface area contributed by atoms with Gasteiger partial charge in [0.15, 0.2) is 0 Å². The molecule has 0 saturated carbocycles. The average molecular weight is 375 g/mol. The Bertz CT molecular complexity index is 594. The van der Waals surface area contributed by atoms with Gasteiger partial charge in [0, 0.05) is 26.2 Å². The lowest BCUT2D eigenvalue weighted by atomic mass is 9.88. The van der Waals surface area contributed by atoms with Crippen LogP contribution in [0.15, 0.2) is 30.3 Å². The molecule has 0 unspecified atom stereocenters. The zero-order valence-corrected chi connectivity index (χ0v) is 16.7. The quantitative estimate of drug-likeness (QED) is 0.758. The van der Waals surface area contributed by atoms with Crippen molar-refractivity contribution in [2.75, 3.05) is 40.0 Å². The van der Waals surface area contributed by atoms with Gasteiger partial charge in [-0.1, -0.05) is 43.7 Å². The van der Waals surface area contributed by atoms with Gasteiger partial charge in [-0.15, -0.1) is 0 Å². The number of nitrogens with zero attached hydrogens (tertiary/aromatic N) is 2. The molecule has 2 fully saturated rings. The Labute approximate surface area is 163 Å². The van der Waals surface area contributed by atoms with Crippen LogP contribution in [0.2, 0.25) is 0 Å². The molecule has 1 aromatic rings. The number of benzene rings is 1. The number of carbonyl (C=O) groups is 1. The van der Waals surface area contributed by atoms with E-state index in [-0.39, 0.29) is 18.6 Å². The largest absolute Gasteiger partial charge is 0.394 e. The van der Waals surface area contributed by atoms with E-state index in [0.29, 0.717) is 24.3 Å². The van der Waals surface area contributed by atoms with E-state index in [2.05, 4.69) is 11.8 Å². The first-order chi connectivity index (χ1) is 13.2. The molecule has 1 amide bonds. The lowest BCUT2D eigenvalue weighted by molar-refractivity contribution is -0.132. The van der Waals surface area contributed by atoms with Crippen LogP contribution in [0, 0.1) is 11.8 Å². The van der Waals surface area contributed by atoms with Crippen LogP contribution < -0.4 is 0 Å². The topological polar surface area (TPSA) is 53.0 Å². The molecule has 2 aliphatic heterocycles. The minimum atomic E-state index is -0.0741. The molecule has 5 heteroatoms. The first kappa shape index (κ1) is 20.3. The maximum atomic E-state index is 13.0. The number of amides is 1. The summed E-state index contributed by atoms with van der Waals surface area (Å²) in [5.41, 5.74) is 1.04. The van der Waals surface area contributed by atoms with Gasteiger partial charge in [0.25, 0.3) is 0 Å². The van der Waals surface area contributed by atoms with Crippen LogP contribution in [-0.2, 0) is 16.0 Å². The highest BCUT2D eigenvalue weighted by Gasteiger charge is 2.44. The van der Waals surface area contributed by atoms with E-state index in [9.17, 15) is 9.90 Å². The highest BCUT2D eigenvalue weighted by Crippen LogP contribution is 2.35. The van der Waals surface area contributed by atoms with Gasteiger partial charge in [-0.05, 0) is 36.8 Å². The Balaban J connectivity index is 1.69. The van der Waals surface area contributed by atoms with Crippen LogP contribution >= 0.6 is 0 Å². The van der Waals surface area contributed by atoms with E-state index in [0.717, 1.165) is 38.2 Å². The molecule has 5 nitrogen and oxygen atoms in total. The molecule has 0 spiro atoms. The molecule has 0 aromatic heterocycles. The minimum absolute atomic E-state index is 0.0461. The predicted molar refractivity (Wildman–Crippen MR) is 106 cm³/mol. The van der Waals surface area contributed by atoms with Crippen molar-refractivity contribution >= 4 is 5.91 Å². The van der Waals surface area contributed by atoms with Crippen LogP contribution in [0.3, 0.4) is 0 Å². The second-order valence-electron chi connectivity index (χ2n) is 8.04. The molecule has 4 atom stereocenters. The van der Waals surface area contributed by atoms with Crippen molar-refractivity contribution in [3.63, 3.8) is 0 Å². The third-order valence-corrected chi connectivity index (χ3v) is 6.46. The Morgan fingerprint density at radius 3 is 2.74 bits per heavy atom. The second kappa shape index (κ2) is 9.67. The summed E-state index contributed by atoms with van der Waals surface area (Å²) in [6.45, 7) is 5.83. The van der Waals surface area contributed by atoms with Gasteiger partial charge in [-0.25, -0.2) is 0 Å². The first-order valence-electron chi connectivity index (χ1n) is 10.3. The fourth-order valence-corrected chi connectivity index (χ4v) is 4.95. The van der Waals surface area contributed by atoms with Crippen molar-refractivity contribution in [3.05, 3.63) is 35.9 Å². The monoisotopic (exact) mass is 374 g/mol. The summed E-state index contributed by atoms with van der Waals surface area (Å²) in [5, 5.41) is 10.1. The number of carbonyl (C=O) groups excluding carboxylic acids is 1. The molecule has 27 heavy (non-hydrogen) atoms. The SMILES string of the molecule is CC[C@@H]1CN(C(=O)Cc2ccccc2)[C@H](CO)[C@@H]1CN1CCC[C@@H]1COC. The van der Waals surface area contributed by atoms with Crippen molar-refractivity contribution in [1.82, 2.24) is 9.80 Å². The summed E-state index contributed by atoms with van der Waals surface area (Å²) in [4.78, 5) is 17.4. The van der Waals surface area contributed by atoms with Gasteiger partial charge in [0.1, 0.15) is 0 Å². The van der Waals surface area contributed by atoms with Crippen LogP contribution in [-0.4, -0.2) is 72.9 Å². The lowest BCUT2D eigenvalue weighted by Gasteiger charge is -2.32. The van der Waals surface area contributed by atoms with E-state index >= 15 is 0 Å². The van der Waals surface area contributed by atoms with Crippen molar-refractivity contribution in [3.8, 4) is 0 Å². The molecular weight excluding hydrogens is 340 g/mol. The van der Waals surface area contributed by atoms with Crippen molar-refractivity contribution in [2.24, 2.45) is 11.8 Å². The Morgan fingerprint density at radius 1 is 1.30 bits per heavy atom. The maximum absolute atomic E-state index is 13.0. The first-order valence-corrected chi connectivity index (χ1v) is 10.3. The Kier molecular flexibility index (Phi) is 7.27. The summed E-state index contributed by atoms with van der Waals surface area (Å²) < 4.78 is 5.40. The van der Waals surface area contributed by atoms with Crippen LogP contribution in [0.5, 0.6) is 0 Å². The number of rotatable bonds is 8. The van der Waals surface area contributed by atoms with Crippen molar-refractivity contribution in [1.29, 1.82) is 0 Å². The maximum Gasteiger partial charge on any atom is 0.227 e. The number of hydrogen-bond acceptors (Lipinski definition) is 4. The molecule has 0 bridgehead atoms. The van der Waals surface area contributed by atoms with Gasteiger partial charge >= 0.3 is 0 Å². The molecule has 2 heterocycles. The van der Waals surface area contributed by atoms with E-state index < -0.39 is 0 Å². The number of likely N-dealkylation sites (tertiary alicyclic amines) is 2. The van der Waals surface area contributed by atoms with Crippen molar-refractivity contribution < 1.29 is 14.6 Å². The average Bonchev–Trinajstić information content (AvgIpc) is 3.27. The van der Waals surface area contributed by atoms with Crippen LogP contribution in [0.1, 0.15) is 31.7 Å². The molecule has 150 valence electrons. The zero-order chi connectivity index (χ0) is 19.2. The van der Waals surface area contributed by atoms with Gasteiger partial charge < -0.3 is 14.7 Å². The summed E-state index contributed by atoms with van der Waals surface area (Å²) in [7, 11) is 1.77. The summed E-state index contributed by atoms with van der Waals surface area (Å²) in [6.07, 6.45) is 3.84. The molecule has 0 radical (unpaired) electrons. The third kappa shape index (κ3) is 4.71. The highest BCUT2D eigenvalue weighted by atomic mass is 16.5. The summed E-state index contributed by atoms with van der Waals surface area (Å²) >= 11 is 0. The number of methoxy groups -OCH3 is 1. The molecule has 1 N–H and O–H groups in total. The number of aliphatic hydroxyl groups is 1. The molecule has 1 aromatic carbocycles. The molecule has 2 aliphatic rings. The summed E-state index contributed by atoms with van der Waals surface area (Å²) in [6, 6.07) is 10.3. The van der Waals surface area contributed by atoms with Crippen LogP contribution in [0.4, 0.5) is 0 Å². The zero-order valence-electron chi connectivity index (χ0n) is 16.7. The fourth-order valence-electron chi connectivity index (χ4n) is 4.95. The van der Waals surface area contributed by atoms with Gasteiger partial charge in [-0.2, -0.15) is 0 Å². The molecule has 3 rings (SSSR count). The van der Waals surface area contributed by atoms with Crippen LogP contribution in [0.25, 0.3) is 0 Å². The van der Waals surface area contributed by atoms with Gasteiger partial charge in [-0.3, -0.25) is 9.69 Å². The highest BCUT2D eigenvalue weighted by molar-refractivity contribution is 5.79. The lowest BCUT2D eigenvalue weighted by Crippen LogP contribution is -2.45. The van der Waals surface area contributed by atoms with E-state index in [4.69, 9.17) is 4.74 Å². The van der Waals surface area contributed by atoms with Gasteiger partial charge in [0.05, 0.1) is 25.7 Å². The standard InChI is InChI=1S/C22H34N2O3/c1-3-18-13-24(22(26)12-17-8-5-4-6-9-17)21(15-25)20(18)14-23-11-7-10-19(23)16-27-2/h4-6,8-9,18-21,25H,3,7,10-16H2,1-2H3/t18-,19-,20-,21-/m1/s1. The molecular formula is C22H34N2O3.